The first-order valence-electron chi connectivity index (χ1n) is 9.95. The number of methoxy groups -OCH3 is 1. The third-order valence-electron chi connectivity index (χ3n) is 5.41. The Morgan fingerprint density at radius 2 is 2.10 bits per heavy atom. The Kier molecular flexibility index (Phi) is 6.05. The molecule has 1 unspecified atom stereocenters. The molecule has 1 aromatic carbocycles. The van der Waals surface area contributed by atoms with Gasteiger partial charge in [0.05, 0.1) is 17.6 Å². The van der Waals surface area contributed by atoms with Crippen molar-refractivity contribution in [2.45, 2.75) is 46.0 Å². The van der Waals surface area contributed by atoms with Gasteiger partial charge < -0.3 is 15.8 Å². The first-order chi connectivity index (χ1) is 14.3. The van der Waals surface area contributed by atoms with Gasteiger partial charge in [-0.05, 0) is 30.9 Å². The molecule has 2 heterocycles. The maximum Gasteiger partial charge on any atom is 0.336 e. The van der Waals surface area contributed by atoms with E-state index in [2.05, 4.69) is 12.2 Å². The summed E-state index contributed by atoms with van der Waals surface area (Å²) in [6, 6.07) is 6.26. The summed E-state index contributed by atoms with van der Waals surface area (Å²) in [5, 5.41) is 14.6. The Labute approximate surface area is 175 Å². The van der Waals surface area contributed by atoms with Gasteiger partial charge in [-0.15, -0.1) is 0 Å². The van der Waals surface area contributed by atoms with E-state index in [-0.39, 0.29) is 5.69 Å². The zero-order valence-electron chi connectivity index (χ0n) is 17.6. The molecule has 8 nitrogen and oxygen atoms in total. The Hall–Kier alpha value is -3.42. The summed E-state index contributed by atoms with van der Waals surface area (Å²) in [5.41, 5.74) is 11.2. The molecule has 0 fully saturated rings. The molecule has 0 amide bonds. The van der Waals surface area contributed by atoms with Crippen molar-refractivity contribution in [1.29, 1.82) is 0 Å². The van der Waals surface area contributed by atoms with Crippen LogP contribution in [0.3, 0.4) is 0 Å². The Morgan fingerprint density at radius 1 is 1.37 bits per heavy atom. The summed E-state index contributed by atoms with van der Waals surface area (Å²) < 4.78 is 5.03. The lowest BCUT2D eigenvalue weighted by atomic mass is 9.79. The highest BCUT2D eigenvalue weighted by Gasteiger charge is 2.37. The van der Waals surface area contributed by atoms with E-state index < -0.39 is 16.8 Å². The largest absolute Gasteiger partial charge is 0.466 e. The molecule has 2 aromatic rings. The van der Waals surface area contributed by atoms with Crippen LogP contribution in [0.5, 0.6) is 0 Å². The van der Waals surface area contributed by atoms with Gasteiger partial charge in [-0.25, -0.2) is 9.78 Å². The van der Waals surface area contributed by atoms with E-state index in [1.54, 1.807) is 19.1 Å². The minimum atomic E-state index is -0.623. The van der Waals surface area contributed by atoms with Gasteiger partial charge in [0.15, 0.2) is 0 Å². The maximum atomic E-state index is 12.7. The number of fused-ring (bicyclic) bond motifs is 1. The summed E-state index contributed by atoms with van der Waals surface area (Å²) >= 11 is 0. The number of aromatic nitrogens is 1. The predicted octanol–water partition coefficient (Wildman–Crippen LogP) is 4.09. The number of nitrogen functional groups attached to an aromatic ring is 1. The zero-order valence-corrected chi connectivity index (χ0v) is 17.6. The lowest BCUT2D eigenvalue weighted by molar-refractivity contribution is -0.384. The second-order valence-electron chi connectivity index (χ2n) is 7.26. The average molecular weight is 410 g/mol. The van der Waals surface area contributed by atoms with Crippen LogP contribution >= 0.6 is 0 Å². The molecule has 8 heteroatoms. The summed E-state index contributed by atoms with van der Waals surface area (Å²) in [7, 11) is 1.31. The predicted molar refractivity (Wildman–Crippen MR) is 115 cm³/mol. The number of rotatable bonds is 6. The van der Waals surface area contributed by atoms with Gasteiger partial charge in [-0.2, -0.15) is 0 Å². The van der Waals surface area contributed by atoms with Crippen molar-refractivity contribution < 1.29 is 14.5 Å². The molecule has 0 spiro atoms. The molecule has 0 aliphatic carbocycles. The Bertz CT molecular complexity index is 1050. The van der Waals surface area contributed by atoms with Crippen molar-refractivity contribution in [2.75, 3.05) is 18.2 Å². The number of aryl methyl sites for hydroxylation is 1. The van der Waals surface area contributed by atoms with Crippen LogP contribution in [-0.2, 0) is 22.4 Å². The quantitative estimate of drug-likeness (QED) is 0.418. The van der Waals surface area contributed by atoms with Crippen LogP contribution in [0.2, 0.25) is 0 Å². The number of allylic oxidation sites excluding steroid dienone is 1. The third-order valence-corrected chi connectivity index (χ3v) is 5.41. The number of hydrogen-bond acceptors (Lipinski definition) is 7. The fraction of sp³-hybridized carbons (Fsp3) is 0.364. The van der Waals surface area contributed by atoms with Gasteiger partial charge in [-0.3, -0.25) is 10.1 Å². The smallest absolute Gasteiger partial charge is 0.336 e. The van der Waals surface area contributed by atoms with Crippen molar-refractivity contribution in [1.82, 2.24) is 4.98 Å². The van der Waals surface area contributed by atoms with Crippen molar-refractivity contribution >= 4 is 23.2 Å². The van der Waals surface area contributed by atoms with E-state index in [1.807, 2.05) is 6.92 Å². The molecular formula is C22H26N4O4. The number of hydrogen-bond donors (Lipinski definition) is 2. The second-order valence-corrected chi connectivity index (χ2v) is 7.26. The molecule has 1 aliphatic heterocycles. The average Bonchev–Trinajstić information content (AvgIpc) is 2.72. The molecule has 0 radical (unpaired) electrons. The second kappa shape index (κ2) is 8.52. The monoisotopic (exact) mass is 410 g/mol. The van der Waals surface area contributed by atoms with E-state index in [0.717, 1.165) is 24.1 Å². The van der Waals surface area contributed by atoms with Crippen LogP contribution in [0.25, 0.3) is 0 Å². The van der Waals surface area contributed by atoms with Crippen LogP contribution in [0.4, 0.5) is 17.2 Å². The number of carbonyl (C=O) groups is 1. The van der Waals surface area contributed by atoms with Crippen LogP contribution in [-0.4, -0.2) is 23.0 Å². The van der Waals surface area contributed by atoms with Gasteiger partial charge in [0, 0.05) is 40.7 Å². The Balaban J connectivity index is 2.33. The van der Waals surface area contributed by atoms with Gasteiger partial charge in [0.25, 0.3) is 5.69 Å². The molecule has 3 rings (SSSR count). The number of carbonyl (C=O) groups excluding carboxylic acids is 1. The standard InChI is InChI=1S/C22H26N4O4/c1-5-8-16-15(6-2)20(23)19-18(13-9-7-10-14(11-13)26(28)29)17(22(27)30-4)12(3)24-21(19)25-16/h7,9-11,18H,5-6,8H2,1-4H3,(H3,23,24,25). The Morgan fingerprint density at radius 3 is 2.70 bits per heavy atom. The number of pyridine rings is 1. The number of nitro groups is 1. The number of benzene rings is 1. The number of ether oxygens (including phenoxy) is 1. The van der Waals surface area contributed by atoms with Crippen molar-refractivity contribution in [3.63, 3.8) is 0 Å². The van der Waals surface area contributed by atoms with E-state index in [4.69, 9.17) is 15.5 Å². The van der Waals surface area contributed by atoms with Gasteiger partial charge in [-0.1, -0.05) is 32.4 Å². The third kappa shape index (κ3) is 3.60. The maximum absolute atomic E-state index is 12.7. The summed E-state index contributed by atoms with van der Waals surface area (Å²) in [5.74, 6) is -0.561. The van der Waals surface area contributed by atoms with E-state index in [9.17, 15) is 14.9 Å². The lowest BCUT2D eigenvalue weighted by Crippen LogP contribution is -2.26. The summed E-state index contributed by atoms with van der Waals surface area (Å²) in [4.78, 5) is 28.4. The number of nitrogens with two attached hydrogens (primary N) is 1. The lowest BCUT2D eigenvalue weighted by Gasteiger charge is -2.31. The molecule has 1 aliphatic rings. The minimum absolute atomic E-state index is 0.0562. The molecule has 158 valence electrons. The highest BCUT2D eigenvalue weighted by Crippen LogP contribution is 2.46. The van der Waals surface area contributed by atoms with Gasteiger partial charge in [0.1, 0.15) is 5.82 Å². The molecule has 1 atom stereocenters. The van der Waals surface area contributed by atoms with Crippen molar-refractivity contribution in [3.8, 4) is 0 Å². The van der Waals surface area contributed by atoms with Crippen LogP contribution in [0.15, 0.2) is 35.5 Å². The summed E-state index contributed by atoms with van der Waals surface area (Å²) in [6.45, 7) is 5.86. The minimum Gasteiger partial charge on any atom is -0.466 e. The number of nitrogens with one attached hydrogen (secondary N) is 1. The molecule has 1 aromatic heterocycles. The highest BCUT2D eigenvalue weighted by molar-refractivity contribution is 5.95. The molecule has 0 saturated carbocycles. The van der Waals surface area contributed by atoms with Crippen LogP contribution in [0.1, 0.15) is 55.5 Å². The highest BCUT2D eigenvalue weighted by atomic mass is 16.6. The molecule has 30 heavy (non-hydrogen) atoms. The first kappa shape index (κ1) is 21.3. The molecular weight excluding hydrogens is 384 g/mol. The molecule has 3 N–H and O–H groups in total. The number of nitro benzene ring substituents is 1. The summed E-state index contributed by atoms with van der Waals surface area (Å²) in [6.07, 6.45) is 2.41. The van der Waals surface area contributed by atoms with E-state index in [1.165, 1.54) is 19.2 Å². The molecule has 0 saturated heterocycles. The number of esters is 1. The fourth-order valence-corrected chi connectivity index (χ4v) is 4.07. The van der Waals surface area contributed by atoms with E-state index in [0.29, 0.717) is 40.3 Å². The first-order valence-corrected chi connectivity index (χ1v) is 9.95. The SMILES string of the molecule is CCCc1nc2c(c(N)c1CC)C(c1cccc([N+](=O)[O-])c1)C(C(=O)OC)=C(C)N2. The van der Waals surface area contributed by atoms with Crippen molar-refractivity contribution in [3.05, 3.63) is 68.0 Å². The zero-order chi connectivity index (χ0) is 22.0. The topological polar surface area (TPSA) is 120 Å². The van der Waals surface area contributed by atoms with Gasteiger partial charge >= 0.3 is 5.97 Å². The molecule has 0 bridgehead atoms. The number of anilines is 2. The van der Waals surface area contributed by atoms with E-state index >= 15 is 0 Å². The number of non-ortho nitro benzene ring substituents is 1. The van der Waals surface area contributed by atoms with Gasteiger partial charge in [0.2, 0.25) is 0 Å². The fourth-order valence-electron chi connectivity index (χ4n) is 4.07. The van der Waals surface area contributed by atoms with Crippen LogP contribution < -0.4 is 11.1 Å². The van der Waals surface area contributed by atoms with Crippen molar-refractivity contribution in [2.24, 2.45) is 0 Å². The normalized spacial score (nSPS) is 15.4. The number of nitrogens with zero attached hydrogens (tertiary/aromatic N) is 2. The van der Waals surface area contributed by atoms with Crippen LogP contribution in [0, 0.1) is 10.1 Å².